The van der Waals surface area contributed by atoms with Crippen LogP contribution >= 0.6 is 11.8 Å². The highest BCUT2D eigenvalue weighted by atomic mass is 32.2. The summed E-state index contributed by atoms with van der Waals surface area (Å²) in [7, 11) is 2.21. The molecule has 0 bridgehead atoms. The SMILES string of the molecule is CCCNCCc1ccccc1CN(C)CCSC. The summed E-state index contributed by atoms with van der Waals surface area (Å²) in [4.78, 5) is 2.41. The van der Waals surface area contributed by atoms with E-state index in [0.29, 0.717) is 0 Å². The zero-order valence-electron chi connectivity index (χ0n) is 12.6. The molecule has 0 fully saturated rings. The van der Waals surface area contributed by atoms with Gasteiger partial charge in [-0.1, -0.05) is 31.2 Å². The van der Waals surface area contributed by atoms with E-state index in [4.69, 9.17) is 0 Å². The van der Waals surface area contributed by atoms with E-state index in [1.165, 1.54) is 23.3 Å². The number of nitrogens with one attached hydrogen (secondary N) is 1. The van der Waals surface area contributed by atoms with E-state index in [9.17, 15) is 0 Å². The van der Waals surface area contributed by atoms with Gasteiger partial charge in [0.25, 0.3) is 0 Å². The lowest BCUT2D eigenvalue weighted by Gasteiger charge is -2.18. The van der Waals surface area contributed by atoms with E-state index in [0.717, 1.165) is 32.6 Å². The Hall–Kier alpha value is -0.510. The standard InChI is InChI=1S/C16H28N2S/c1-4-10-17-11-9-15-7-5-6-8-16(15)14-18(2)12-13-19-3/h5-8,17H,4,9-14H2,1-3H3. The second-order valence-electron chi connectivity index (χ2n) is 5.00. The van der Waals surface area contributed by atoms with Crippen molar-refractivity contribution in [1.29, 1.82) is 0 Å². The Morgan fingerprint density at radius 3 is 2.58 bits per heavy atom. The summed E-state index contributed by atoms with van der Waals surface area (Å²) in [5, 5.41) is 3.48. The number of hydrogen-bond acceptors (Lipinski definition) is 3. The van der Waals surface area contributed by atoms with E-state index < -0.39 is 0 Å². The summed E-state index contributed by atoms with van der Waals surface area (Å²) in [6, 6.07) is 8.84. The van der Waals surface area contributed by atoms with E-state index in [1.54, 1.807) is 0 Å². The third kappa shape index (κ3) is 7.00. The number of hydrogen-bond donors (Lipinski definition) is 1. The Kier molecular flexibility index (Phi) is 8.97. The zero-order valence-corrected chi connectivity index (χ0v) is 13.4. The second kappa shape index (κ2) is 10.3. The maximum atomic E-state index is 3.48. The molecule has 0 unspecified atom stereocenters. The van der Waals surface area contributed by atoms with Gasteiger partial charge in [-0.25, -0.2) is 0 Å². The van der Waals surface area contributed by atoms with Crippen molar-refractivity contribution >= 4 is 11.8 Å². The third-order valence-corrected chi connectivity index (χ3v) is 3.82. The van der Waals surface area contributed by atoms with Crippen LogP contribution in [0.1, 0.15) is 24.5 Å². The van der Waals surface area contributed by atoms with Crippen LogP contribution in [0.5, 0.6) is 0 Å². The Labute approximate surface area is 123 Å². The molecule has 0 aliphatic rings. The van der Waals surface area contributed by atoms with Crippen molar-refractivity contribution in [3.63, 3.8) is 0 Å². The third-order valence-electron chi connectivity index (χ3n) is 3.23. The average molecular weight is 280 g/mol. The first-order valence-corrected chi connectivity index (χ1v) is 8.62. The molecule has 0 atom stereocenters. The fourth-order valence-corrected chi connectivity index (χ4v) is 2.59. The van der Waals surface area contributed by atoms with E-state index >= 15 is 0 Å². The van der Waals surface area contributed by atoms with Gasteiger partial charge >= 0.3 is 0 Å². The zero-order chi connectivity index (χ0) is 13.9. The van der Waals surface area contributed by atoms with Crippen LogP contribution in [-0.4, -0.2) is 43.6 Å². The van der Waals surface area contributed by atoms with Crippen molar-refractivity contribution < 1.29 is 0 Å². The summed E-state index contributed by atoms with van der Waals surface area (Å²) < 4.78 is 0. The first kappa shape index (κ1) is 16.5. The topological polar surface area (TPSA) is 15.3 Å². The summed E-state index contributed by atoms with van der Waals surface area (Å²) in [5.74, 6) is 1.21. The van der Waals surface area contributed by atoms with Gasteiger partial charge in [0, 0.05) is 18.8 Å². The fourth-order valence-electron chi connectivity index (χ4n) is 2.10. The molecule has 19 heavy (non-hydrogen) atoms. The van der Waals surface area contributed by atoms with E-state index in [-0.39, 0.29) is 0 Å². The Balaban J connectivity index is 2.47. The molecule has 1 aromatic carbocycles. The lowest BCUT2D eigenvalue weighted by molar-refractivity contribution is 0.347. The molecule has 1 N–H and O–H groups in total. The van der Waals surface area contributed by atoms with Crippen LogP contribution in [0.3, 0.4) is 0 Å². The predicted octanol–water partition coefficient (Wildman–Crippen LogP) is 3.02. The molecule has 0 radical (unpaired) electrons. The van der Waals surface area contributed by atoms with Crippen LogP contribution in [0.25, 0.3) is 0 Å². The lowest BCUT2D eigenvalue weighted by atomic mass is 10.0. The van der Waals surface area contributed by atoms with E-state index in [1.807, 2.05) is 11.8 Å². The van der Waals surface area contributed by atoms with Crippen molar-refractivity contribution in [2.45, 2.75) is 26.3 Å². The predicted molar refractivity (Wildman–Crippen MR) is 88.0 cm³/mol. The number of benzene rings is 1. The minimum absolute atomic E-state index is 1.06. The van der Waals surface area contributed by atoms with Crippen molar-refractivity contribution in [2.75, 3.05) is 38.7 Å². The van der Waals surface area contributed by atoms with Crippen molar-refractivity contribution in [2.24, 2.45) is 0 Å². The van der Waals surface area contributed by atoms with Gasteiger partial charge in [0.2, 0.25) is 0 Å². The number of nitrogens with zero attached hydrogens (tertiary/aromatic N) is 1. The molecule has 0 aliphatic carbocycles. The molecular formula is C16H28N2S. The molecule has 0 saturated carbocycles. The molecule has 0 aromatic heterocycles. The summed E-state index contributed by atoms with van der Waals surface area (Å²) in [6.07, 6.45) is 4.51. The fraction of sp³-hybridized carbons (Fsp3) is 0.625. The molecule has 0 saturated heterocycles. The van der Waals surface area contributed by atoms with Gasteiger partial charge in [-0.15, -0.1) is 0 Å². The minimum Gasteiger partial charge on any atom is -0.316 e. The van der Waals surface area contributed by atoms with Crippen molar-refractivity contribution in [3.05, 3.63) is 35.4 Å². The lowest BCUT2D eigenvalue weighted by Crippen LogP contribution is -2.22. The monoisotopic (exact) mass is 280 g/mol. The molecule has 0 spiro atoms. The molecule has 1 aromatic rings. The summed E-state index contributed by atoms with van der Waals surface area (Å²) >= 11 is 1.91. The highest BCUT2D eigenvalue weighted by Crippen LogP contribution is 2.12. The molecule has 0 aliphatic heterocycles. The summed E-state index contributed by atoms with van der Waals surface area (Å²) in [5.41, 5.74) is 2.96. The van der Waals surface area contributed by atoms with Gasteiger partial charge in [0.1, 0.15) is 0 Å². The Morgan fingerprint density at radius 1 is 1.16 bits per heavy atom. The average Bonchev–Trinajstić information content (AvgIpc) is 2.43. The van der Waals surface area contributed by atoms with Gasteiger partial charge in [0.15, 0.2) is 0 Å². The van der Waals surface area contributed by atoms with Crippen LogP contribution in [0.2, 0.25) is 0 Å². The highest BCUT2D eigenvalue weighted by molar-refractivity contribution is 7.98. The van der Waals surface area contributed by atoms with Gasteiger partial charge in [0.05, 0.1) is 0 Å². The molecule has 2 nitrogen and oxygen atoms in total. The number of thioether (sulfide) groups is 1. The van der Waals surface area contributed by atoms with Crippen LogP contribution < -0.4 is 5.32 Å². The van der Waals surface area contributed by atoms with E-state index in [2.05, 4.69) is 54.7 Å². The van der Waals surface area contributed by atoms with Crippen molar-refractivity contribution in [1.82, 2.24) is 10.2 Å². The second-order valence-corrected chi connectivity index (χ2v) is 5.98. The maximum Gasteiger partial charge on any atom is 0.0233 e. The normalized spacial score (nSPS) is 11.2. The molecule has 0 heterocycles. The molecule has 1 rings (SSSR count). The van der Waals surface area contributed by atoms with Gasteiger partial charge < -0.3 is 10.2 Å². The first-order valence-electron chi connectivity index (χ1n) is 7.23. The van der Waals surface area contributed by atoms with Crippen LogP contribution in [0.15, 0.2) is 24.3 Å². The quantitative estimate of drug-likeness (QED) is 0.663. The smallest absolute Gasteiger partial charge is 0.0233 e. The van der Waals surface area contributed by atoms with Crippen molar-refractivity contribution in [3.8, 4) is 0 Å². The summed E-state index contributed by atoms with van der Waals surface area (Å²) in [6.45, 7) is 6.63. The largest absolute Gasteiger partial charge is 0.316 e. The minimum atomic E-state index is 1.06. The molecule has 0 amide bonds. The van der Waals surface area contributed by atoms with Crippen LogP contribution in [-0.2, 0) is 13.0 Å². The maximum absolute atomic E-state index is 3.48. The molecule has 108 valence electrons. The van der Waals surface area contributed by atoms with Gasteiger partial charge in [-0.3, -0.25) is 0 Å². The molecule has 3 heteroatoms. The first-order chi connectivity index (χ1) is 9.27. The van der Waals surface area contributed by atoms with Crippen LogP contribution in [0.4, 0.5) is 0 Å². The van der Waals surface area contributed by atoms with Gasteiger partial charge in [-0.05, 0) is 50.4 Å². The highest BCUT2D eigenvalue weighted by Gasteiger charge is 2.05. The Morgan fingerprint density at radius 2 is 1.89 bits per heavy atom. The Bertz CT molecular complexity index is 341. The van der Waals surface area contributed by atoms with Crippen LogP contribution in [0, 0.1) is 0 Å². The molecular weight excluding hydrogens is 252 g/mol. The number of rotatable bonds is 10. The van der Waals surface area contributed by atoms with Gasteiger partial charge in [-0.2, -0.15) is 11.8 Å².